The Labute approximate surface area is 138 Å². The smallest absolute Gasteiger partial charge is 0.262 e. The zero-order valence-corrected chi connectivity index (χ0v) is 13.5. The van der Waals surface area contributed by atoms with Gasteiger partial charge in [-0.25, -0.2) is 12.8 Å². The maximum atomic E-state index is 12.8. The molecule has 0 saturated heterocycles. The summed E-state index contributed by atoms with van der Waals surface area (Å²) in [5.41, 5.74) is 0.505. The molecule has 2 rings (SSSR count). The molecule has 0 aliphatic rings. The van der Waals surface area contributed by atoms with Gasteiger partial charge >= 0.3 is 0 Å². The molecule has 7 nitrogen and oxygen atoms in total. The normalized spacial score (nSPS) is 11.1. The van der Waals surface area contributed by atoms with E-state index >= 15 is 0 Å². The van der Waals surface area contributed by atoms with Crippen LogP contribution < -0.4 is 14.9 Å². The Bertz CT molecular complexity index is 792. The van der Waals surface area contributed by atoms with E-state index in [9.17, 15) is 17.6 Å². The lowest BCUT2D eigenvalue weighted by molar-refractivity contribution is -0.121. The zero-order valence-electron chi connectivity index (χ0n) is 12.7. The van der Waals surface area contributed by atoms with Crippen molar-refractivity contribution in [2.45, 2.75) is 4.90 Å². The lowest BCUT2D eigenvalue weighted by atomic mass is 10.3. The Morgan fingerprint density at radius 1 is 1.08 bits per heavy atom. The van der Waals surface area contributed by atoms with E-state index in [-0.39, 0.29) is 4.90 Å². The summed E-state index contributed by atoms with van der Waals surface area (Å²) in [6.45, 7) is -0.535. The monoisotopic (exact) mass is 354 g/mol. The highest BCUT2D eigenvalue weighted by Gasteiger charge is 2.15. The van der Waals surface area contributed by atoms with Crippen molar-refractivity contribution in [3.63, 3.8) is 0 Å². The van der Waals surface area contributed by atoms with Gasteiger partial charge in [0, 0.05) is 5.69 Å². The van der Waals surface area contributed by atoms with E-state index < -0.39 is 28.4 Å². The van der Waals surface area contributed by atoms with Gasteiger partial charge in [0.1, 0.15) is 18.2 Å². The van der Waals surface area contributed by atoms with Crippen molar-refractivity contribution >= 4 is 21.6 Å². The summed E-state index contributed by atoms with van der Waals surface area (Å²) < 4.78 is 41.5. The van der Waals surface area contributed by atoms with Crippen LogP contribution in [0.3, 0.4) is 0 Å². The molecule has 0 saturated carbocycles. The van der Waals surface area contributed by atoms with Crippen LogP contribution in [0.2, 0.25) is 0 Å². The van der Waals surface area contributed by atoms with Gasteiger partial charge in [-0.2, -0.15) is 0 Å². The molecule has 0 heterocycles. The lowest BCUT2D eigenvalue weighted by Gasteiger charge is -2.08. The van der Waals surface area contributed by atoms with Crippen LogP contribution in [0.25, 0.3) is 0 Å². The van der Waals surface area contributed by atoms with Crippen LogP contribution in [-0.2, 0) is 19.7 Å². The molecule has 2 N–H and O–H groups in total. The van der Waals surface area contributed by atoms with Crippen LogP contribution in [0, 0.1) is 5.82 Å². The summed E-state index contributed by atoms with van der Waals surface area (Å²) in [4.78, 5) is 18.0. The Balaban J connectivity index is 1.84. The molecule has 0 spiro atoms. The lowest BCUT2D eigenvalue weighted by Crippen LogP contribution is -2.29. The highest BCUT2D eigenvalue weighted by atomic mass is 32.2. The van der Waals surface area contributed by atoms with E-state index in [1.807, 2.05) is 0 Å². The van der Waals surface area contributed by atoms with Crippen molar-refractivity contribution in [3.05, 3.63) is 54.3 Å². The number of benzene rings is 2. The third-order valence-corrected chi connectivity index (χ3v) is 4.10. The number of hydrogen-bond donors (Lipinski definition) is 2. The number of carbonyl (C=O) groups is 1. The van der Waals surface area contributed by atoms with E-state index in [4.69, 9.17) is 9.57 Å². The van der Waals surface area contributed by atoms with Crippen LogP contribution in [-0.4, -0.2) is 28.0 Å². The SMILES string of the molecule is COc1ccc(NC(=O)CONS(=O)(=O)c2ccc(F)cc2)cc1. The van der Waals surface area contributed by atoms with Gasteiger partial charge in [0.15, 0.2) is 0 Å². The maximum Gasteiger partial charge on any atom is 0.262 e. The van der Waals surface area contributed by atoms with Gasteiger partial charge in [-0.05, 0) is 48.5 Å². The number of sulfonamides is 1. The molecule has 1 amide bonds. The highest BCUT2D eigenvalue weighted by Crippen LogP contribution is 2.14. The fourth-order valence-electron chi connectivity index (χ4n) is 1.71. The summed E-state index contributed by atoms with van der Waals surface area (Å²) in [5.74, 6) is -0.480. The molecule has 2 aromatic carbocycles. The van der Waals surface area contributed by atoms with Gasteiger partial charge in [0.2, 0.25) is 0 Å². The Hall–Kier alpha value is -2.49. The number of methoxy groups -OCH3 is 1. The topological polar surface area (TPSA) is 93.7 Å². The summed E-state index contributed by atoms with van der Waals surface area (Å²) >= 11 is 0. The molecule has 0 radical (unpaired) electrons. The van der Waals surface area contributed by atoms with E-state index in [1.54, 1.807) is 29.2 Å². The van der Waals surface area contributed by atoms with Crippen molar-refractivity contribution in [1.82, 2.24) is 4.89 Å². The molecule has 0 atom stereocenters. The summed E-state index contributed by atoms with van der Waals surface area (Å²) in [7, 11) is -2.47. The predicted octanol–water partition coefficient (Wildman–Crippen LogP) is 1.68. The second kappa shape index (κ2) is 7.86. The first-order chi connectivity index (χ1) is 11.4. The van der Waals surface area contributed by atoms with Crippen LogP contribution >= 0.6 is 0 Å². The number of amides is 1. The van der Waals surface area contributed by atoms with E-state index in [1.165, 1.54) is 7.11 Å². The largest absolute Gasteiger partial charge is 0.497 e. The van der Waals surface area contributed by atoms with Crippen LogP contribution in [0.5, 0.6) is 5.75 Å². The molecule has 0 unspecified atom stereocenters. The Kier molecular flexibility index (Phi) is 5.85. The molecule has 0 aromatic heterocycles. The minimum Gasteiger partial charge on any atom is -0.497 e. The van der Waals surface area contributed by atoms with E-state index in [0.717, 1.165) is 24.3 Å². The summed E-state index contributed by atoms with van der Waals surface area (Å²) in [5, 5.41) is 2.52. The quantitative estimate of drug-likeness (QED) is 0.738. The Morgan fingerprint density at radius 2 is 1.71 bits per heavy atom. The van der Waals surface area contributed by atoms with Crippen molar-refractivity contribution in [2.24, 2.45) is 0 Å². The number of halogens is 1. The molecule has 2 aromatic rings. The van der Waals surface area contributed by atoms with E-state index in [2.05, 4.69) is 5.32 Å². The first kappa shape index (κ1) is 17.9. The molecule has 0 aliphatic heterocycles. The van der Waals surface area contributed by atoms with Crippen molar-refractivity contribution < 1.29 is 27.2 Å². The van der Waals surface area contributed by atoms with Crippen molar-refractivity contribution in [3.8, 4) is 5.75 Å². The van der Waals surface area contributed by atoms with Gasteiger partial charge in [-0.15, -0.1) is 0 Å². The summed E-state index contributed by atoms with van der Waals surface area (Å²) in [6.07, 6.45) is 0. The molecule has 9 heteroatoms. The predicted molar refractivity (Wildman–Crippen MR) is 84.3 cm³/mol. The minimum absolute atomic E-state index is 0.181. The number of nitrogens with one attached hydrogen (secondary N) is 2. The molecule has 0 fully saturated rings. The fraction of sp³-hybridized carbons (Fsp3) is 0.133. The number of anilines is 1. The molecule has 128 valence electrons. The van der Waals surface area contributed by atoms with Gasteiger partial charge in [0.25, 0.3) is 15.9 Å². The second-order valence-electron chi connectivity index (χ2n) is 4.61. The van der Waals surface area contributed by atoms with Crippen molar-refractivity contribution in [1.29, 1.82) is 0 Å². The second-order valence-corrected chi connectivity index (χ2v) is 6.25. The number of ether oxygens (including phenoxy) is 1. The van der Waals surface area contributed by atoms with Gasteiger partial charge in [-0.3, -0.25) is 9.63 Å². The highest BCUT2D eigenvalue weighted by molar-refractivity contribution is 7.89. The molecular weight excluding hydrogens is 339 g/mol. The van der Waals surface area contributed by atoms with Crippen molar-refractivity contribution in [2.75, 3.05) is 19.0 Å². The van der Waals surface area contributed by atoms with Crippen LogP contribution in [0.1, 0.15) is 0 Å². The number of hydrogen-bond acceptors (Lipinski definition) is 5. The molecular formula is C15H15FN2O5S. The maximum absolute atomic E-state index is 12.8. The number of rotatable bonds is 7. The summed E-state index contributed by atoms with van der Waals surface area (Å²) in [6, 6.07) is 10.7. The molecule has 24 heavy (non-hydrogen) atoms. The minimum atomic E-state index is -3.99. The molecule has 0 aliphatic carbocycles. The van der Waals surface area contributed by atoms with Crippen LogP contribution in [0.4, 0.5) is 10.1 Å². The standard InChI is InChI=1S/C15H15FN2O5S/c1-22-13-6-4-12(5-7-13)17-15(19)10-23-18-24(20,21)14-8-2-11(16)3-9-14/h2-9,18H,10H2,1H3,(H,17,19). The first-order valence-electron chi connectivity index (χ1n) is 6.74. The first-order valence-corrected chi connectivity index (χ1v) is 8.22. The molecule has 0 bridgehead atoms. The average Bonchev–Trinajstić information content (AvgIpc) is 2.56. The third-order valence-electron chi connectivity index (χ3n) is 2.87. The van der Waals surface area contributed by atoms with Gasteiger partial charge in [0.05, 0.1) is 12.0 Å². The average molecular weight is 354 g/mol. The Morgan fingerprint density at radius 3 is 2.29 bits per heavy atom. The van der Waals surface area contributed by atoms with Crippen LogP contribution in [0.15, 0.2) is 53.4 Å². The zero-order chi connectivity index (χ0) is 17.6. The van der Waals surface area contributed by atoms with E-state index in [0.29, 0.717) is 11.4 Å². The van der Waals surface area contributed by atoms with Gasteiger partial charge < -0.3 is 10.1 Å². The third kappa shape index (κ3) is 5.01. The number of carbonyl (C=O) groups excluding carboxylic acids is 1. The van der Waals surface area contributed by atoms with Gasteiger partial charge in [-0.1, -0.05) is 4.89 Å². The fourth-order valence-corrected chi connectivity index (χ4v) is 2.51.